The van der Waals surface area contributed by atoms with E-state index in [2.05, 4.69) is 20.6 Å². The maximum atomic E-state index is 15.2. The summed E-state index contributed by atoms with van der Waals surface area (Å²) < 4.78 is 54.0. The highest BCUT2D eigenvalue weighted by atomic mass is 19.4. The van der Waals surface area contributed by atoms with Gasteiger partial charge in [-0.15, -0.1) is 0 Å². The number of nitrogens with two attached hydrogens (primary N) is 1. The lowest BCUT2D eigenvalue weighted by Crippen LogP contribution is -2.62. The summed E-state index contributed by atoms with van der Waals surface area (Å²) in [5.41, 5.74) is 3.41. The summed E-state index contributed by atoms with van der Waals surface area (Å²) in [6.45, 7) is 2.30. The number of carbonyl (C=O) groups is 1. The van der Waals surface area contributed by atoms with Gasteiger partial charge in [-0.1, -0.05) is 6.92 Å². The highest BCUT2D eigenvalue weighted by Gasteiger charge is 2.47. The summed E-state index contributed by atoms with van der Waals surface area (Å²) in [7, 11) is 0. The van der Waals surface area contributed by atoms with E-state index in [1.165, 1.54) is 12.4 Å². The van der Waals surface area contributed by atoms with Crippen LogP contribution in [0.4, 0.5) is 17.6 Å². The lowest BCUT2D eigenvalue weighted by Gasteiger charge is -2.42. The number of benzene rings is 1. The molecule has 1 unspecified atom stereocenters. The van der Waals surface area contributed by atoms with Crippen LogP contribution in [-0.4, -0.2) is 41.2 Å². The predicted molar refractivity (Wildman–Crippen MR) is 94.7 cm³/mol. The molecule has 1 fully saturated rings. The van der Waals surface area contributed by atoms with Crippen molar-refractivity contribution in [3.8, 4) is 6.07 Å². The molecule has 0 saturated carbocycles. The Hall–Kier alpha value is -2.84. The average molecular weight is 410 g/mol. The number of carbonyl (C=O) groups excluding carboxylic acids is 1. The number of halogens is 4. The summed E-state index contributed by atoms with van der Waals surface area (Å²) in [6.07, 6.45) is -2.21. The molecule has 29 heavy (non-hydrogen) atoms. The molecular formula is C18H18F4N6O. The fraction of sp³-hybridized carbons (Fsp3) is 0.444. The van der Waals surface area contributed by atoms with E-state index >= 15 is 4.39 Å². The molecule has 0 radical (unpaired) electrons. The summed E-state index contributed by atoms with van der Waals surface area (Å²) in [4.78, 5) is 20.5. The average Bonchev–Trinajstić information content (AvgIpc) is 2.65. The number of rotatable bonds is 3. The van der Waals surface area contributed by atoms with Crippen LogP contribution < -0.4 is 16.4 Å². The largest absolute Gasteiger partial charge is 0.412 e. The van der Waals surface area contributed by atoms with Crippen LogP contribution in [0.3, 0.4) is 0 Å². The number of aromatic nitrogens is 2. The van der Waals surface area contributed by atoms with Crippen LogP contribution in [0, 0.1) is 23.1 Å². The molecule has 11 heteroatoms. The van der Waals surface area contributed by atoms with Gasteiger partial charge in [-0.2, -0.15) is 18.4 Å². The zero-order chi connectivity index (χ0) is 21.4. The van der Waals surface area contributed by atoms with E-state index in [4.69, 9.17) is 5.73 Å². The molecule has 1 aromatic heterocycles. The van der Waals surface area contributed by atoms with E-state index in [0.29, 0.717) is 6.54 Å². The predicted octanol–water partition coefficient (Wildman–Crippen LogP) is 1.47. The van der Waals surface area contributed by atoms with Crippen LogP contribution in [0.1, 0.15) is 24.5 Å². The Labute approximate surface area is 163 Å². The quantitative estimate of drug-likeness (QED) is 0.660. The third-order valence-corrected chi connectivity index (χ3v) is 4.91. The molecule has 0 spiro atoms. The molecule has 4 N–H and O–H groups in total. The van der Waals surface area contributed by atoms with E-state index in [9.17, 15) is 23.2 Å². The minimum atomic E-state index is -4.95. The van der Waals surface area contributed by atoms with Crippen LogP contribution in [-0.2, 0) is 10.3 Å². The zero-order valence-corrected chi connectivity index (χ0v) is 15.3. The standard InChI is InChI=1S/C18H18F4N6O/c1-9-5-17(8-25-7-9,28-16(29)15(24)18(20,21)22)12-11(19)4-10(6-23)13-14(12)27-3-2-26-13/h2-4,9,15,25H,5,7-8,24H2,1H3,(H,28,29)/t9-,15?,17-/m0/s1. The molecule has 1 aliphatic rings. The minimum Gasteiger partial charge on any atom is -0.343 e. The number of nitrogens with zero attached hydrogens (tertiary/aromatic N) is 3. The van der Waals surface area contributed by atoms with Crippen LogP contribution >= 0.6 is 0 Å². The number of piperidine rings is 1. The Morgan fingerprint density at radius 2 is 2.07 bits per heavy atom. The van der Waals surface area contributed by atoms with Crippen molar-refractivity contribution in [1.29, 1.82) is 5.26 Å². The number of nitrogens with one attached hydrogen (secondary N) is 2. The van der Waals surface area contributed by atoms with Gasteiger partial charge in [0, 0.05) is 24.5 Å². The van der Waals surface area contributed by atoms with Crippen LogP contribution in [0.2, 0.25) is 0 Å². The Balaban J connectivity index is 2.20. The number of hydrogen-bond acceptors (Lipinski definition) is 6. The molecule has 2 heterocycles. The monoisotopic (exact) mass is 410 g/mol. The highest BCUT2D eigenvalue weighted by molar-refractivity contribution is 5.87. The molecule has 0 aliphatic carbocycles. The first-order valence-corrected chi connectivity index (χ1v) is 8.78. The van der Waals surface area contributed by atoms with Crippen molar-refractivity contribution >= 4 is 16.9 Å². The van der Waals surface area contributed by atoms with Gasteiger partial charge >= 0.3 is 6.18 Å². The summed E-state index contributed by atoms with van der Waals surface area (Å²) in [6, 6.07) is 0.00639. The Kier molecular flexibility index (Phi) is 5.42. The third-order valence-electron chi connectivity index (χ3n) is 4.91. The summed E-state index contributed by atoms with van der Waals surface area (Å²) in [5, 5.41) is 14.6. The van der Waals surface area contributed by atoms with Gasteiger partial charge in [0.25, 0.3) is 0 Å². The lowest BCUT2D eigenvalue weighted by atomic mass is 9.77. The number of fused-ring (bicyclic) bond motifs is 1. The zero-order valence-electron chi connectivity index (χ0n) is 15.3. The van der Waals surface area contributed by atoms with Crippen LogP contribution in [0.5, 0.6) is 0 Å². The normalized spacial score (nSPS) is 23.4. The topological polar surface area (TPSA) is 117 Å². The summed E-state index contributed by atoms with van der Waals surface area (Å²) >= 11 is 0. The molecule has 2 aromatic rings. The first-order chi connectivity index (χ1) is 13.6. The maximum Gasteiger partial charge on any atom is 0.412 e. The van der Waals surface area contributed by atoms with E-state index < -0.39 is 29.5 Å². The van der Waals surface area contributed by atoms with E-state index in [-0.39, 0.29) is 41.0 Å². The molecule has 3 atom stereocenters. The Morgan fingerprint density at radius 3 is 2.66 bits per heavy atom. The fourth-order valence-corrected chi connectivity index (χ4v) is 3.72. The van der Waals surface area contributed by atoms with Gasteiger partial charge in [0.1, 0.15) is 17.4 Å². The molecule has 1 amide bonds. The van der Waals surface area contributed by atoms with E-state index in [1.54, 1.807) is 0 Å². The van der Waals surface area contributed by atoms with Crippen LogP contribution in [0.25, 0.3) is 11.0 Å². The number of alkyl halides is 3. The van der Waals surface area contributed by atoms with Gasteiger partial charge in [-0.05, 0) is 24.9 Å². The first kappa shape index (κ1) is 20.9. The van der Waals surface area contributed by atoms with E-state index in [1.807, 2.05) is 13.0 Å². The van der Waals surface area contributed by atoms with Gasteiger partial charge < -0.3 is 16.4 Å². The lowest BCUT2D eigenvalue weighted by molar-refractivity contribution is -0.164. The van der Waals surface area contributed by atoms with Crippen molar-refractivity contribution in [3.63, 3.8) is 0 Å². The summed E-state index contributed by atoms with van der Waals surface area (Å²) in [5.74, 6) is -2.45. The third kappa shape index (κ3) is 3.86. The number of hydrogen-bond donors (Lipinski definition) is 3. The molecular weight excluding hydrogens is 392 g/mol. The SMILES string of the molecule is C[C@@H]1CNC[C@](NC(=O)C(N)C(F)(F)F)(c2c(F)cc(C#N)c3nccnc23)C1. The van der Waals surface area contributed by atoms with E-state index in [0.717, 1.165) is 6.07 Å². The Bertz CT molecular complexity index is 989. The number of amides is 1. The van der Waals surface area contributed by atoms with Crippen molar-refractivity contribution in [3.05, 3.63) is 35.4 Å². The smallest absolute Gasteiger partial charge is 0.343 e. The van der Waals surface area contributed by atoms with Crippen molar-refractivity contribution in [2.24, 2.45) is 11.7 Å². The van der Waals surface area contributed by atoms with Crippen molar-refractivity contribution in [2.75, 3.05) is 13.1 Å². The second kappa shape index (κ2) is 7.53. The second-order valence-electron chi connectivity index (χ2n) is 7.18. The minimum absolute atomic E-state index is 0.000769. The van der Waals surface area contributed by atoms with Crippen molar-refractivity contribution < 1.29 is 22.4 Å². The molecule has 3 rings (SSSR count). The molecule has 0 bridgehead atoms. The first-order valence-electron chi connectivity index (χ1n) is 8.78. The molecule has 1 aromatic carbocycles. The molecule has 1 saturated heterocycles. The highest BCUT2D eigenvalue weighted by Crippen LogP contribution is 2.37. The fourth-order valence-electron chi connectivity index (χ4n) is 3.72. The number of nitriles is 1. The van der Waals surface area contributed by atoms with Gasteiger partial charge in [-0.25, -0.2) is 4.39 Å². The molecule has 1 aliphatic heterocycles. The van der Waals surface area contributed by atoms with Gasteiger partial charge in [0.2, 0.25) is 5.91 Å². The Morgan fingerprint density at radius 1 is 1.41 bits per heavy atom. The van der Waals surface area contributed by atoms with Crippen molar-refractivity contribution in [1.82, 2.24) is 20.6 Å². The second-order valence-corrected chi connectivity index (χ2v) is 7.18. The maximum absolute atomic E-state index is 15.2. The van der Waals surface area contributed by atoms with Gasteiger partial charge in [0.05, 0.1) is 16.6 Å². The van der Waals surface area contributed by atoms with Gasteiger partial charge in [0.15, 0.2) is 6.04 Å². The molecule has 154 valence electrons. The van der Waals surface area contributed by atoms with Crippen LogP contribution in [0.15, 0.2) is 18.5 Å². The van der Waals surface area contributed by atoms with Crippen molar-refractivity contribution in [2.45, 2.75) is 31.1 Å². The van der Waals surface area contributed by atoms with Gasteiger partial charge in [-0.3, -0.25) is 14.8 Å². The molecule has 7 nitrogen and oxygen atoms in total.